The van der Waals surface area contributed by atoms with E-state index in [4.69, 9.17) is 9.84 Å². The normalized spacial score (nSPS) is 13.3. The van der Waals surface area contributed by atoms with E-state index in [2.05, 4.69) is 32.0 Å². The number of aliphatic hydroxyl groups is 1. The number of nitrogens with zero attached hydrogens (tertiary/aromatic N) is 1. The average molecular weight is 480 g/mol. The van der Waals surface area contributed by atoms with Gasteiger partial charge in [0.15, 0.2) is 11.6 Å². The molecule has 1 aromatic carbocycles. The van der Waals surface area contributed by atoms with Gasteiger partial charge in [-0.3, -0.25) is 9.78 Å². The Morgan fingerprint density at radius 2 is 2.17 bits per heavy atom. The number of ether oxygens (including phenoxy) is 1. The highest BCUT2D eigenvalue weighted by Crippen LogP contribution is 2.41. The minimum absolute atomic E-state index is 0.0720. The molecule has 4 rings (SSSR count). The minimum Gasteiger partial charge on any atom is -0.492 e. The van der Waals surface area contributed by atoms with Crippen LogP contribution in [0.2, 0.25) is 0 Å². The first-order valence-electron chi connectivity index (χ1n) is 11.6. The fourth-order valence-corrected chi connectivity index (χ4v) is 4.21. The van der Waals surface area contributed by atoms with E-state index in [1.807, 2.05) is 13.0 Å². The van der Waals surface area contributed by atoms with E-state index < -0.39 is 5.82 Å². The lowest BCUT2D eigenvalue weighted by Gasteiger charge is -2.17. The summed E-state index contributed by atoms with van der Waals surface area (Å²) >= 11 is 0. The number of anilines is 3. The maximum atomic E-state index is 14.4. The van der Waals surface area contributed by atoms with E-state index >= 15 is 0 Å². The smallest absolute Gasteiger partial charge is 0.255 e. The Bertz CT molecular complexity index is 1240. The van der Waals surface area contributed by atoms with Gasteiger partial charge in [0.1, 0.15) is 0 Å². The number of halogens is 1. The molecule has 0 fully saturated rings. The maximum absolute atomic E-state index is 14.4. The topological polar surface area (TPSA) is 111 Å². The van der Waals surface area contributed by atoms with Crippen molar-refractivity contribution in [3.05, 3.63) is 65.4 Å². The summed E-state index contributed by atoms with van der Waals surface area (Å²) in [6.45, 7) is 3.34. The van der Waals surface area contributed by atoms with Crippen molar-refractivity contribution >= 4 is 23.0 Å². The number of benzene rings is 1. The Labute approximate surface area is 203 Å². The third-order valence-electron chi connectivity index (χ3n) is 5.95. The number of aliphatic hydroxyl groups excluding tert-OH is 1. The van der Waals surface area contributed by atoms with Crippen molar-refractivity contribution in [1.29, 1.82) is 0 Å². The summed E-state index contributed by atoms with van der Waals surface area (Å²) in [5.74, 6) is -0.619. The number of carbonyl (C=O) groups is 1. The predicted octanol–water partition coefficient (Wildman–Crippen LogP) is 4.38. The van der Waals surface area contributed by atoms with Crippen LogP contribution in [0.1, 0.15) is 35.8 Å². The molecule has 5 N–H and O–H groups in total. The van der Waals surface area contributed by atoms with E-state index in [1.54, 1.807) is 24.5 Å². The molecule has 0 radical (unpaired) electrons. The molecule has 0 bridgehead atoms. The third-order valence-corrected chi connectivity index (χ3v) is 5.95. The number of pyridine rings is 1. The van der Waals surface area contributed by atoms with E-state index in [1.165, 1.54) is 13.2 Å². The largest absolute Gasteiger partial charge is 0.492 e. The summed E-state index contributed by atoms with van der Waals surface area (Å²) in [6.07, 6.45) is 7.63. The summed E-state index contributed by atoms with van der Waals surface area (Å²) in [7, 11) is 1.41. The van der Waals surface area contributed by atoms with Crippen molar-refractivity contribution in [2.24, 2.45) is 0 Å². The van der Waals surface area contributed by atoms with Gasteiger partial charge >= 0.3 is 0 Å². The number of hydrogen-bond donors (Lipinski definition) is 5. The average Bonchev–Trinajstić information content (AvgIpc) is 3.22. The van der Waals surface area contributed by atoms with Gasteiger partial charge in [-0.2, -0.15) is 0 Å². The number of methoxy groups -OCH3 is 1. The minimum atomic E-state index is -0.497. The Morgan fingerprint density at radius 3 is 2.97 bits per heavy atom. The lowest BCUT2D eigenvalue weighted by atomic mass is 10.0. The number of H-pyrrole nitrogens is 1. The molecule has 9 heteroatoms. The highest BCUT2D eigenvalue weighted by Gasteiger charge is 2.28. The molecule has 0 unspecified atom stereocenters. The van der Waals surface area contributed by atoms with Gasteiger partial charge in [-0.05, 0) is 38.0 Å². The summed E-state index contributed by atoms with van der Waals surface area (Å²) < 4.78 is 19.6. The zero-order valence-corrected chi connectivity index (χ0v) is 19.9. The Kier molecular flexibility index (Phi) is 7.67. The maximum Gasteiger partial charge on any atom is 0.255 e. The second-order valence-corrected chi connectivity index (χ2v) is 8.34. The van der Waals surface area contributed by atoms with Crippen molar-refractivity contribution in [1.82, 2.24) is 15.3 Å². The van der Waals surface area contributed by atoms with Crippen molar-refractivity contribution in [3.63, 3.8) is 0 Å². The molecular weight excluding hydrogens is 449 g/mol. The zero-order chi connectivity index (χ0) is 24.8. The highest BCUT2D eigenvalue weighted by molar-refractivity contribution is 6.07. The summed E-state index contributed by atoms with van der Waals surface area (Å²) in [4.78, 5) is 20.5. The van der Waals surface area contributed by atoms with Crippen molar-refractivity contribution in [2.45, 2.75) is 26.2 Å². The molecule has 1 aliphatic heterocycles. The molecule has 35 heavy (non-hydrogen) atoms. The Hall–Kier alpha value is -3.85. The monoisotopic (exact) mass is 479 g/mol. The van der Waals surface area contributed by atoms with Gasteiger partial charge in [0.05, 0.1) is 41.6 Å². The van der Waals surface area contributed by atoms with Crippen LogP contribution in [0, 0.1) is 5.82 Å². The van der Waals surface area contributed by atoms with Gasteiger partial charge in [0.25, 0.3) is 5.91 Å². The third kappa shape index (κ3) is 5.30. The van der Waals surface area contributed by atoms with E-state index in [-0.39, 0.29) is 18.3 Å². The number of amides is 1. The van der Waals surface area contributed by atoms with Crippen LogP contribution in [0.5, 0.6) is 5.75 Å². The summed E-state index contributed by atoms with van der Waals surface area (Å²) in [5, 5.41) is 18.6. The second-order valence-electron chi connectivity index (χ2n) is 8.34. The quantitative estimate of drug-likeness (QED) is 0.218. The summed E-state index contributed by atoms with van der Waals surface area (Å²) in [5.41, 5.74) is 5.76. The van der Waals surface area contributed by atoms with Crippen LogP contribution < -0.4 is 20.7 Å². The standard InChI is InChI=1S/C26H30FN5O3/c1-16(10-14-33)5-4-11-29-21-15-28-12-8-17(21)23-24(22-19(31-23)9-13-30-26(22)34)32-20-7-3-6-18(27)25(20)35-2/h3,5-8,12,15,29,31-33H,4,9-11,13-14H2,1-2H3,(H,30,34)/b16-5-. The lowest BCUT2D eigenvalue weighted by molar-refractivity contribution is 0.0947. The molecule has 2 aromatic heterocycles. The van der Waals surface area contributed by atoms with Crippen molar-refractivity contribution < 1.29 is 19.0 Å². The van der Waals surface area contributed by atoms with Crippen LogP contribution in [-0.4, -0.2) is 47.8 Å². The van der Waals surface area contributed by atoms with Gasteiger partial charge in [0.2, 0.25) is 0 Å². The molecule has 0 spiro atoms. The van der Waals surface area contributed by atoms with E-state index in [0.717, 1.165) is 28.9 Å². The highest BCUT2D eigenvalue weighted by atomic mass is 19.1. The molecule has 184 valence electrons. The number of para-hydroxylation sites is 1. The molecule has 0 saturated heterocycles. The number of rotatable bonds is 10. The molecule has 8 nitrogen and oxygen atoms in total. The number of nitrogens with one attached hydrogen (secondary N) is 4. The SMILES string of the molecule is COc1c(F)cccc1Nc1c(-c2ccncc2NCC/C=C(/C)CCO)[nH]c2c1C(=O)NCC2. The van der Waals surface area contributed by atoms with Gasteiger partial charge in [0, 0.05) is 43.6 Å². The molecule has 3 aromatic rings. The lowest BCUT2D eigenvalue weighted by Crippen LogP contribution is -2.31. The second kappa shape index (κ2) is 11.1. The predicted molar refractivity (Wildman–Crippen MR) is 135 cm³/mol. The Morgan fingerprint density at radius 1 is 1.31 bits per heavy atom. The number of aromatic nitrogens is 2. The molecule has 3 heterocycles. The first kappa shape index (κ1) is 24.3. The molecule has 0 atom stereocenters. The van der Waals surface area contributed by atoms with Crippen molar-refractivity contribution in [3.8, 4) is 17.0 Å². The Balaban J connectivity index is 1.72. The van der Waals surface area contributed by atoms with Gasteiger partial charge in [-0.1, -0.05) is 17.7 Å². The van der Waals surface area contributed by atoms with Crippen LogP contribution in [0.3, 0.4) is 0 Å². The number of fused-ring (bicyclic) bond motifs is 1. The molecule has 1 aliphatic rings. The van der Waals surface area contributed by atoms with Gasteiger partial charge < -0.3 is 30.8 Å². The molecule has 0 aliphatic carbocycles. The number of carbonyl (C=O) groups excluding carboxylic acids is 1. The first-order chi connectivity index (χ1) is 17.0. The van der Waals surface area contributed by atoms with Gasteiger partial charge in [-0.25, -0.2) is 4.39 Å². The van der Waals surface area contributed by atoms with Crippen molar-refractivity contribution in [2.75, 3.05) is 37.4 Å². The zero-order valence-electron chi connectivity index (χ0n) is 19.9. The van der Waals surface area contributed by atoms with Crippen LogP contribution in [0.25, 0.3) is 11.3 Å². The molecule has 0 saturated carbocycles. The molecule has 1 amide bonds. The number of hydrogen-bond acceptors (Lipinski definition) is 6. The van der Waals surface area contributed by atoms with Gasteiger partial charge in [-0.15, -0.1) is 0 Å². The molecular formula is C26H30FN5O3. The summed E-state index contributed by atoms with van der Waals surface area (Å²) in [6, 6.07) is 6.49. The van der Waals surface area contributed by atoms with Crippen LogP contribution >= 0.6 is 0 Å². The van der Waals surface area contributed by atoms with E-state index in [0.29, 0.717) is 48.6 Å². The number of aromatic amines is 1. The first-order valence-corrected chi connectivity index (χ1v) is 11.6. The van der Waals surface area contributed by atoms with Crippen LogP contribution in [0.4, 0.5) is 21.5 Å². The fourth-order valence-electron chi connectivity index (χ4n) is 4.21. The fraction of sp³-hybridized carbons (Fsp3) is 0.308. The van der Waals surface area contributed by atoms with Crippen LogP contribution in [-0.2, 0) is 6.42 Å². The van der Waals surface area contributed by atoms with Crippen LogP contribution in [0.15, 0.2) is 48.3 Å². The van der Waals surface area contributed by atoms with E-state index in [9.17, 15) is 9.18 Å².